The highest BCUT2D eigenvalue weighted by Crippen LogP contribution is 2.32. The quantitative estimate of drug-likeness (QED) is 0.464. The van der Waals surface area contributed by atoms with Crippen molar-refractivity contribution >= 4 is 11.1 Å². The smallest absolute Gasteiger partial charge is 0.222 e. The van der Waals surface area contributed by atoms with Gasteiger partial charge in [0.1, 0.15) is 5.52 Å². The van der Waals surface area contributed by atoms with Crippen LogP contribution in [0.15, 0.2) is 65.5 Å². The molecule has 2 aliphatic heterocycles. The first-order valence-corrected chi connectivity index (χ1v) is 9.01. The second kappa shape index (κ2) is 6.49. The standard InChI is InChI=1S/C22H18N4O2/c1-14-5-6-20-18(10-14)25-21(28-20)13-26-9-7-15-11-17(24-19(15)12-26)16-4-3-8-23-22(16)27-2/h3-12H,13H2,1-2H3. The van der Waals surface area contributed by atoms with Gasteiger partial charge in [0.15, 0.2) is 5.58 Å². The molecule has 6 nitrogen and oxygen atoms in total. The molecule has 0 fully saturated rings. The monoisotopic (exact) mass is 370 g/mol. The van der Waals surface area contributed by atoms with Crippen molar-refractivity contribution in [1.29, 1.82) is 0 Å². The van der Waals surface area contributed by atoms with Gasteiger partial charge in [0, 0.05) is 24.2 Å². The maximum Gasteiger partial charge on any atom is 0.222 e. The van der Waals surface area contributed by atoms with E-state index in [1.54, 1.807) is 13.3 Å². The number of aromatic nitrogens is 4. The van der Waals surface area contributed by atoms with E-state index in [4.69, 9.17) is 14.1 Å². The van der Waals surface area contributed by atoms with Gasteiger partial charge in [-0.15, -0.1) is 0 Å². The third kappa shape index (κ3) is 2.89. The van der Waals surface area contributed by atoms with Crippen LogP contribution in [-0.2, 0) is 6.54 Å². The van der Waals surface area contributed by atoms with Gasteiger partial charge in [0.05, 0.1) is 30.6 Å². The Hall–Kier alpha value is -3.67. The van der Waals surface area contributed by atoms with Gasteiger partial charge in [-0.1, -0.05) is 6.07 Å². The van der Waals surface area contributed by atoms with Crippen molar-refractivity contribution in [3.05, 3.63) is 72.5 Å². The second-order valence-electron chi connectivity index (χ2n) is 6.74. The summed E-state index contributed by atoms with van der Waals surface area (Å²) in [5, 5.41) is 0. The van der Waals surface area contributed by atoms with Gasteiger partial charge in [-0.25, -0.2) is 15.0 Å². The lowest BCUT2D eigenvalue weighted by atomic mass is 10.1. The van der Waals surface area contributed by atoms with E-state index in [-0.39, 0.29) is 0 Å². The highest BCUT2D eigenvalue weighted by Gasteiger charge is 2.15. The van der Waals surface area contributed by atoms with Crippen LogP contribution in [-0.4, -0.2) is 26.6 Å². The van der Waals surface area contributed by atoms with Crippen LogP contribution >= 0.6 is 0 Å². The molecule has 3 aromatic rings. The lowest BCUT2D eigenvalue weighted by molar-refractivity contribution is 0.399. The van der Waals surface area contributed by atoms with E-state index in [0.717, 1.165) is 33.6 Å². The van der Waals surface area contributed by atoms with Crippen LogP contribution in [0.4, 0.5) is 0 Å². The van der Waals surface area contributed by atoms with E-state index < -0.39 is 0 Å². The number of hydrogen-bond acceptors (Lipinski definition) is 5. The lowest BCUT2D eigenvalue weighted by Crippen LogP contribution is -2.00. The number of rotatable bonds is 4. The lowest BCUT2D eigenvalue weighted by Gasteiger charge is -2.05. The number of methoxy groups -OCH3 is 1. The summed E-state index contributed by atoms with van der Waals surface area (Å²) in [6.45, 7) is 2.59. The minimum atomic E-state index is 0.544. The average Bonchev–Trinajstić information content (AvgIpc) is 3.30. The van der Waals surface area contributed by atoms with Crippen molar-refractivity contribution in [1.82, 2.24) is 19.5 Å². The maximum absolute atomic E-state index is 5.87. The molecule has 5 rings (SSSR count). The molecule has 0 atom stereocenters. The van der Waals surface area contributed by atoms with Crippen LogP contribution in [0.2, 0.25) is 0 Å². The van der Waals surface area contributed by atoms with Crippen molar-refractivity contribution in [2.75, 3.05) is 7.11 Å². The number of oxazole rings is 1. The van der Waals surface area contributed by atoms with Gasteiger partial charge in [-0.2, -0.15) is 0 Å². The molecule has 0 saturated carbocycles. The number of nitrogens with zero attached hydrogens (tertiary/aromatic N) is 4. The highest BCUT2D eigenvalue weighted by molar-refractivity contribution is 5.75. The van der Waals surface area contributed by atoms with Crippen LogP contribution in [0.1, 0.15) is 11.5 Å². The maximum atomic E-state index is 5.87. The molecule has 2 aromatic heterocycles. The fourth-order valence-electron chi connectivity index (χ4n) is 3.35. The normalized spacial score (nSPS) is 11.4. The van der Waals surface area contributed by atoms with Gasteiger partial charge >= 0.3 is 0 Å². The minimum Gasteiger partial charge on any atom is -0.481 e. The molecule has 0 spiro atoms. The van der Waals surface area contributed by atoms with Crippen molar-refractivity contribution in [2.45, 2.75) is 13.5 Å². The molecule has 0 radical (unpaired) electrons. The number of fused-ring (bicyclic) bond motifs is 2. The highest BCUT2D eigenvalue weighted by atomic mass is 16.5. The Morgan fingerprint density at radius 1 is 1.07 bits per heavy atom. The van der Waals surface area contributed by atoms with E-state index in [1.165, 1.54) is 5.56 Å². The summed E-state index contributed by atoms with van der Waals surface area (Å²) in [4.78, 5) is 13.6. The Labute approximate surface area is 161 Å². The Morgan fingerprint density at radius 2 is 2.00 bits per heavy atom. The molecule has 0 bridgehead atoms. The molecule has 138 valence electrons. The van der Waals surface area contributed by atoms with Gasteiger partial charge in [0.25, 0.3) is 0 Å². The number of pyridine rings is 2. The average molecular weight is 370 g/mol. The fourth-order valence-corrected chi connectivity index (χ4v) is 3.35. The summed E-state index contributed by atoms with van der Waals surface area (Å²) in [6.07, 6.45) is 5.72. The third-order valence-corrected chi connectivity index (χ3v) is 4.71. The molecule has 28 heavy (non-hydrogen) atoms. The summed E-state index contributed by atoms with van der Waals surface area (Å²) >= 11 is 0. The molecule has 6 heteroatoms. The Morgan fingerprint density at radius 3 is 2.89 bits per heavy atom. The number of benzene rings is 1. The summed E-state index contributed by atoms with van der Waals surface area (Å²) in [7, 11) is 1.62. The molecule has 1 aromatic carbocycles. The fraction of sp³-hybridized carbons (Fsp3) is 0.136. The first-order valence-electron chi connectivity index (χ1n) is 9.01. The largest absolute Gasteiger partial charge is 0.481 e. The number of ether oxygens (including phenoxy) is 1. The molecule has 0 aliphatic carbocycles. The second-order valence-corrected chi connectivity index (χ2v) is 6.74. The van der Waals surface area contributed by atoms with Crippen LogP contribution in [0.5, 0.6) is 5.88 Å². The van der Waals surface area contributed by atoms with Crippen LogP contribution in [0.25, 0.3) is 33.6 Å². The molecular weight excluding hydrogens is 352 g/mol. The first-order chi connectivity index (χ1) is 13.7. The van der Waals surface area contributed by atoms with Gasteiger partial charge in [-0.05, 0) is 48.9 Å². The molecule has 0 saturated heterocycles. The molecule has 2 aliphatic rings. The summed E-state index contributed by atoms with van der Waals surface area (Å²) < 4.78 is 13.3. The topological polar surface area (TPSA) is 66.0 Å². The van der Waals surface area contributed by atoms with Crippen molar-refractivity contribution in [2.24, 2.45) is 0 Å². The van der Waals surface area contributed by atoms with Crippen molar-refractivity contribution in [3.8, 4) is 28.4 Å². The zero-order valence-electron chi connectivity index (χ0n) is 15.6. The minimum absolute atomic E-state index is 0.544. The zero-order valence-corrected chi connectivity index (χ0v) is 15.6. The molecule has 0 unspecified atom stereocenters. The van der Waals surface area contributed by atoms with Crippen LogP contribution in [0.3, 0.4) is 0 Å². The SMILES string of the molecule is COc1ncccc1-c1cc2ccn(Cc3nc4cc(C)ccc4o3)cc-2n1. The Balaban J connectivity index is 1.48. The third-order valence-electron chi connectivity index (χ3n) is 4.71. The summed E-state index contributed by atoms with van der Waals surface area (Å²) in [5.41, 5.74) is 6.53. The number of aryl methyl sites for hydroxylation is 1. The van der Waals surface area contributed by atoms with Crippen LogP contribution < -0.4 is 4.74 Å². The predicted octanol–water partition coefficient (Wildman–Crippen LogP) is 4.56. The summed E-state index contributed by atoms with van der Waals surface area (Å²) in [5.74, 6) is 1.24. The molecule has 0 N–H and O–H groups in total. The Bertz CT molecular complexity index is 1250. The number of hydrogen-bond donors (Lipinski definition) is 0. The predicted molar refractivity (Wildman–Crippen MR) is 106 cm³/mol. The zero-order chi connectivity index (χ0) is 19.1. The molecule has 0 amide bonds. The van der Waals surface area contributed by atoms with Crippen molar-refractivity contribution in [3.63, 3.8) is 0 Å². The van der Waals surface area contributed by atoms with E-state index in [1.807, 2.05) is 66.3 Å². The molecule has 4 heterocycles. The van der Waals surface area contributed by atoms with E-state index in [0.29, 0.717) is 18.3 Å². The van der Waals surface area contributed by atoms with Crippen LogP contribution in [0, 0.1) is 6.92 Å². The van der Waals surface area contributed by atoms with Crippen molar-refractivity contribution < 1.29 is 9.15 Å². The van der Waals surface area contributed by atoms with Gasteiger partial charge < -0.3 is 13.7 Å². The van der Waals surface area contributed by atoms with E-state index in [2.05, 4.69) is 9.97 Å². The first kappa shape index (κ1) is 16.5. The summed E-state index contributed by atoms with van der Waals surface area (Å²) in [6, 6.07) is 13.9. The Kier molecular flexibility index (Phi) is 3.83. The molecular formula is C22H18N4O2. The van der Waals surface area contributed by atoms with E-state index in [9.17, 15) is 0 Å². The van der Waals surface area contributed by atoms with Gasteiger partial charge in [0.2, 0.25) is 11.8 Å². The van der Waals surface area contributed by atoms with E-state index >= 15 is 0 Å². The van der Waals surface area contributed by atoms with Gasteiger partial charge in [-0.3, -0.25) is 0 Å².